The summed E-state index contributed by atoms with van der Waals surface area (Å²) in [6.45, 7) is 3.03. The summed E-state index contributed by atoms with van der Waals surface area (Å²) in [6, 6.07) is 2.57. The highest BCUT2D eigenvalue weighted by Crippen LogP contribution is 2.28. The van der Waals surface area contributed by atoms with Gasteiger partial charge in [0.15, 0.2) is 11.5 Å². The maximum Gasteiger partial charge on any atom is 0.358 e. The molecule has 0 amide bonds. The SMILES string of the molecule is CCN(c1nccnc1C(=O)O)S(=O)(=O)Cc1c(F)ccc(C)c1Cl. The summed E-state index contributed by atoms with van der Waals surface area (Å²) in [7, 11) is -4.15. The number of hydrogen-bond acceptors (Lipinski definition) is 5. The van der Waals surface area contributed by atoms with Gasteiger partial charge in [0, 0.05) is 24.5 Å². The lowest BCUT2D eigenvalue weighted by atomic mass is 10.1. The molecule has 0 radical (unpaired) electrons. The molecule has 0 bridgehead atoms. The molecule has 1 N–H and O–H groups in total. The standard InChI is InChI=1S/C15H15ClFN3O4S/c1-3-20(14-13(15(21)22)18-6-7-19-14)25(23,24)8-10-11(17)5-4-9(2)12(10)16/h4-7H,3,8H2,1-2H3,(H,21,22). The summed E-state index contributed by atoms with van der Waals surface area (Å²) in [5, 5.41) is 9.20. The van der Waals surface area contributed by atoms with Crippen LogP contribution in [0, 0.1) is 12.7 Å². The Morgan fingerprint density at radius 2 is 1.96 bits per heavy atom. The molecular formula is C15H15ClFN3O4S. The van der Waals surface area contributed by atoms with Crippen molar-refractivity contribution in [3.05, 3.63) is 52.2 Å². The van der Waals surface area contributed by atoms with Crippen molar-refractivity contribution in [1.29, 1.82) is 0 Å². The van der Waals surface area contributed by atoms with Crippen LogP contribution in [0.5, 0.6) is 0 Å². The Labute approximate surface area is 149 Å². The number of halogens is 2. The fourth-order valence-electron chi connectivity index (χ4n) is 2.25. The second-order valence-corrected chi connectivity index (χ2v) is 7.38. The molecule has 0 aliphatic heterocycles. The smallest absolute Gasteiger partial charge is 0.358 e. The zero-order valence-corrected chi connectivity index (χ0v) is 15.0. The van der Waals surface area contributed by atoms with Crippen molar-refractivity contribution < 1.29 is 22.7 Å². The van der Waals surface area contributed by atoms with Crippen LogP contribution in [0.15, 0.2) is 24.5 Å². The predicted molar refractivity (Wildman–Crippen MR) is 90.8 cm³/mol. The van der Waals surface area contributed by atoms with Crippen molar-refractivity contribution in [3.8, 4) is 0 Å². The largest absolute Gasteiger partial charge is 0.476 e. The molecule has 0 fully saturated rings. The third-order valence-corrected chi connectivity index (χ3v) is 5.73. The Balaban J connectivity index is 2.52. The Hall–Kier alpha value is -2.26. The number of nitrogens with zero attached hydrogens (tertiary/aromatic N) is 3. The quantitative estimate of drug-likeness (QED) is 0.817. The molecule has 25 heavy (non-hydrogen) atoms. The molecule has 1 aromatic heterocycles. The molecule has 0 saturated heterocycles. The third-order valence-electron chi connectivity index (χ3n) is 3.45. The van der Waals surface area contributed by atoms with Crippen molar-refractivity contribution >= 4 is 33.4 Å². The van der Waals surface area contributed by atoms with Crippen LogP contribution in [-0.2, 0) is 15.8 Å². The van der Waals surface area contributed by atoms with Crippen LogP contribution in [-0.4, -0.2) is 36.0 Å². The van der Waals surface area contributed by atoms with Crippen molar-refractivity contribution in [1.82, 2.24) is 9.97 Å². The molecule has 0 aliphatic rings. The van der Waals surface area contributed by atoms with Crippen molar-refractivity contribution in [3.63, 3.8) is 0 Å². The van der Waals surface area contributed by atoms with Crippen LogP contribution in [0.3, 0.4) is 0 Å². The fourth-order valence-corrected chi connectivity index (χ4v) is 4.14. The first-order chi connectivity index (χ1) is 11.7. The fraction of sp³-hybridized carbons (Fsp3) is 0.267. The van der Waals surface area contributed by atoms with Crippen LogP contribution in [0.1, 0.15) is 28.5 Å². The molecule has 0 atom stereocenters. The van der Waals surface area contributed by atoms with E-state index in [9.17, 15) is 22.7 Å². The van der Waals surface area contributed by atoms with E-state index in [1.54, 1.807) is 6.92 Å². The Kier molecular flexibility index (Phi) is 5.58. The van der Waals surface area contributed by atoms with Gasteiger partial charge in [-0.2, -0.15) is 0 Å². The van der Waals surface area contributed by atoms with Gasteiger partial charge in [-0.05, 0) is 25.5 Å². The maximum atomic E-state index is 14.0. The molecule has 134 valence electrons. The number of aromatic nitrogens is 2. The number of aryl methyl sites for hydroxylation is 1. The molecule has 0 spiro atoms. The second-order valence-electron chi connectivity index (χ2n) is 5.11. The number of benzene rings is 1. The van der Waals surface area contributed by atoms with Gasteiger partial charge in [0.25, 0.3) is 0 Å². The minimum Gasteiger partial charge on any atom is -0.476 e. The van der Waals surface area contributed by atoms with E-state index < -0.39 is 33.3 Å². The van der Waals surface area contributed by atoms with Crippen molar-refractivity contribution in [2.45, 2.75) is 19.6 Å². The minimum atomic E-state index is -4.15. The number of aromatic carboxylic acids is 1. The number of sulfonamides is 1. The van der Waals surface area contributed by atoms with Gasteiger partial charge in [-0.25, -0.2) is 27.6 Å². The van der Waals surface area contributed by atoms with Crippen LogP contribution in [0.4, 0.5) is 10.2 Å². The average molecular weight is 388 g/mol. The van der Waals surface area contributed by atoms with E-state index in [-0.39, 0.29) is 22.9 Å². The first-order valence-electron chi connectivity index (χ1n) is 7.17. The molecule has 1 aromatic carbocycles. The minimum absolute atomic E-state index is 0.0113. The Morgan fingerprint density at radius 1 is 1.32 bits per heavy atom. The van der Waals surface area contributed by atoms with E-state index >= 15 is 0 Å². The van der Waals surface area contributed by atoms with Gasteiger partial charge < -0.3 is 5.11 Å². The van der Waals surface area contributed by atoms with Gasteiger partial charge in [-0.15, -0.1) is 0 Å². The van der Waals surface area contributed by atoms with Gasteiger partial charge in [0.1, 0.15) is 5.82 Å². The monoisotopic (exact) mass is 387 g/mol. The van der Waals surface area contributed by atoms with E-state index in [0.717, 1.165) is 16.6 Å². The van der Waals surface area contributed by atoms with E-state index in [4.69, 9.17) is 11.6 Å². The zero-order chi connectivity index (χ0) is 18.8. The summed E-state index contributed by atoms with van der Waals surface area (Å²) in [4.78, 5) is 18.7. The van der Waals surface area contributed by atoms with Gasteiger partial charge in [-0.1, -0.05) is 17.7 Å². The predicted octanol–water partition coefficient (Wildman–Crippen LogP) is 2.63. The van der Waals surface area contributed by atoms with Crippen molar-refractivity contribution in [2.75, 3.05) is 10.8 Å². The van der Waals surface area contributed by atoms with Gasteiger partial charge in [0.05, 0.1) is 10.8 Å². The van der Waals surface area contributed by atoms with Crippen molar-refractivity contribution in [2.24, 2.45) is 0 Å². The van der Waals surface area contributed by atoms with Crippen LogP contribution >= 0.6 is 11.6 Å². The molecule has 0 saturated carbocycles. The number of rotatable bonds is 6. The van der Waals surface area contributed by atoms with Crippen LogP contribution in [0.2, 0.25) is 5.02 Å². The lowest BCUT2D eigenvalue weighted by Gasteiger charge is -2.23. The molecule has 2 aromatic rings. The highest BCUT2D eigenvalue weighted by Gasteiger charge is 2.29. The lowest BCUT2D eigenvalue weighted by molar-refractivity contribution is 0.0691. The van der Waals surface area contributed by atoms with Gasteiger partial charge in [-0.3, -0.25) is 4.31 Å². The van der Waals surface area contributed by atoms with Crippen LogP contribution < -0.4 is 4.31 Å². The Bertz CT molecular complexity index is 921. The van der Waals surface area contributed by atoms with E-state index in [0.29, 0.717) is 5.56 Å². The molecule has 1 heterocycles. The first kappa shape index (κ1) is 19.1. The highest BCUT2D eigenvalue weighted by atomic mass is 35.5. The van der Waals surface area contributed by atoms with Gasteiger partial charge in [0.2, 0.25) is 10.0 Å². The number of carboxylic acid groups (broad SMARTS) is 1. The second kappa shape index (κ2) is 7.32. The van der Waals surface area contributed by atoms with Crippen LogP contribution in [0.25, 0.3) is 0 Å². The topological polar surface area (TPSA) is 100 Å². The molecule has 0 aliphatic carbocycles. The summed E-state index contributed by atoms with van der Waals surface area (Å²) < 4.78 is 40.4. The normalized spacial score (nSPS) is 11.4. The average Bonchev–Trinajstić information content (AvgIpc) is 2.56. The molecule has 7 nitrogen and oxygen atoms in total. The highest BCUT2D eigenvalue weighted by molar-refractivity contribution is 7.92. The van der Waals surface area contributed by atoms with E-state index in [1.807, 2.05) is 0 Å². The molecule has 10 heteroatoms. The molecule has 0 unspecified atom stereocenters. The molecule has 2 rings (SSSR count). The van der Waals surface area contributed by atoms with Gasteiger partial charge >= 0.3 is 5.97 Å². The number of carbonyl (C=O) groups is 1. The summed E-state index contributed by atoms with van der Waals surface area (Å²) >= 11 is 6.04. The summed E-state index contributed by atoms with van der Waals surface area (Å²) in [5.41, 5.74) is -0.160. The Morgan fingerprint density at radius 3 is 2.56 bits per heavy atom. The lowest BCUT2D eigenvalue weighted by Crippen LogP contribution is -2.34. The summed E-state index contributed by atoms with van der Waals surface area (Å²) in [5.74, 6) is -3.24. The summed E-state index contributed by atoms with van der Waals surface area (Å²) in [6.07, 6.45) is 2.32. The van der Waals surface area contributed by atoms with E-state index in [1.165, 1.54) is 19.2 Å². The number of hydrogen-bond donors (Lipinski definition) is 1. The maximum absolute atomic E-state index is 14.0. The first-order valence-corrected chi connectivity index (χ1v) is 9.16. The number of anilines is 1. The number of carboxylic acids is 1. The third kappa shape index (κ3) is 3.88. The molecular weight excluding hydrogens is 373 g/mol. The zero-order valence-electron chi connectivity index (χ0n) is 13.4. The van der Waals surface area contributed by atoms with E-state index in [2.05, 4.69) is 9.97 Å².